The average Bonchev–Trinajstić information content (AvgIpc) is 2.37. The van der Waals surface area contributed by atoms with Gasteiger partial charge in [0.2, 0.25) is 0 Å². The average molecular weight is 350 g/mol. The minimum absolute atomic E-state index is 0.0769. The predicted molar refractivity (Wildman–Crippen MR) is 75.1 cm³/mol. The highest BCUT2D eigenvalue weighted by Gasteiger charge is 2.26. The van der Waals surface area contributed by atoms with E-state index in [0.29, 0.717) is 4.47 Å². The third kappa shape index (κ3) is 4.18. The van der Waals surface area contributed by atoms with Crippen molar-refractivity contribution in [2.24, 2.45) is 5.92 Å². The van der Waals surface area contributed by atoms with Crippen LogP contribution in [-0.4, -0.2) is 30.0 Å². The summed E-state index contributed by atoms with van der Waals surface area (Å²) < 4.78 is 5.28. The second-order valence-electron chi connectivity index (χ2n) is 4.21. The Hall–Kier alpha value is -1.14. The lowest BCUT2D eigenvalue weighted by Crippen LogP contribution is -2.45. The topological polar surface area (TPSA) is 68.3 Å². The van der Waals surface area contributed by atoms with Gasteiger partial charge in [-0.2, -0.15) is 0 Å². The van der Waals surface area contributed by atoms with E-state index in [1.165, 1.54) is 13.3 Å². The molecule has 1 heterocycles. The van der Waals surface area contributed by atoms with Gasteiger partial charge in [0.1, 0.15) is 11.2 Å². The van der Waals surface area contributed by atoms with Gasteiger partial charge in [0.05, 0.1) is 12.7 Å². The van der Waals surface area contributed by atoms with Crippen LogP contribution in [0.4, 0.5) is 0 Å². The fourth-order valence-electron chi connectivity index (χ4n) is 1.43. The molecule has 0 aliphatic rings. The number of aromatic nitrogens is 1. The van der Waals surface area contributed by atoms with Gasteiger partial charge in [0.15, 0.2) is 0 Å². The molecule has 7 heteroatoms. The van der Waals surface area contributed by atoms with Crippen molar-refractivity contribution >= 4 is 39.4 Å². The number of hydrogen-bond acceptors (Lipinski definition) is 4. The van der Waals surface area contributed by atoms with Crippen molar-refractivity contribution in [2.75, 3.05) is 7.11 Å². The summed E-state index contributed by atoms with van der Waals surface area (Å²) in [7, 11) is 1.28. The van der Waals surface area contributed by atoms with Crippen molar-refractivity contribution in [1.82, 2.24) is 10.3 Å². The Morgan fingerprint density at radius 2 is 2.11 bits per heavy atom. The van der Waals surface area contributed by atoms with Crippen LogP contribution in [0.25, 0.3) is 0 Å². The lowest BCUT2D eigenvalue weighted by molar-refractivity contribution is -0.144. The molecule has 1 N–H and O–H groups in total. The summed E-state index contributed by atoms with van der Waals surface area (Å²) >= 11 is 9.07. The van der Waals surface area contributed by atoms with E-state index in [0.717, 1.165) is 0 Å². The fraction of sp³-hybridized carbons (Fsp3) is 0.417. The third-order valence-electron chi connectivity index (χ3n) is 2.46. The van der Waals surface area contributed by atoms with E-state index >= 15 is 0 Å². The first-order valence-electron chi connectivity index (χ1n) is 5.56. The Morgan fingerprint density at radius 3 is 2.63 bits per heavy atom. The van der Waals surface area contributed by atoms with E-state index in [2.05, 4.69) is 31.0 Å². The molecule has 1 rings (SSSR count). The van der Waals surface area contributed by atoms with Gasteiger partial charge in [-0.3, -0.25) is 4.79 Å². The lowest BCUT2D eigenvalue weighted by atomic mass is 10.0. The van der Waals surface area contributed by atoms with Gasteiger partial charge in [0, 0.05) is 10.7 Å². The summed E-state index contributed by atoms with van der Waals surface area (Å²) in [5.41, 5.74) is 0.200. The number of hydrogen-bond donors (Lipinski definition) is 1. The lowest BCUT2D eigenvalue weighted by Gasteiger charge is -2.19. The van der Waals surface area contributed by atoms with E-state index in [1.807, 2.05) is 13.8 Å². The molecule has 1 atom stereocenters. The second-order valence-corrected chi connectivity index (χ2v) is 5.48. The van der Waals surface area contributed by atoms with E-state index in [1.54, 1.807) is 6.07 Å². The highest BCUT2D eigenvalue weighted by molar-refractivity contribution is 9.10. The summed E-state index contributed by atoms with van der Waals surface area (Å²) in [5.74, 6) is -1.07. The zero-order valence-corrected chi connectivity index (χ0v) is 13.1. The number of esters is 1. The van der Waals surface area contributed by atoms with Gasteiger partial charge in [0.25, 0.3) is 5.91 Å². The molecule has 1 unspecified atom stereocenters. The first-order chi connectivity index (χ1) is 8.86. The standard InChI is InChI=1S/C12H14BrClN2O3/c1-6(2)9(12(18)19-3)16-11(17)8-4-7(13)5-15-10(8)14/h4-6,9H,1-3H3,(H,16,17). The van der Waals surface area contributed by atoms with Crippen LogP contribution in [0.3, 0.4) is 0 Å². The first-order valence-corrected chi connectivity index (χ1v) is 6.73. The van der Waals surface area contributed by atoms with Crippen LogP contribution in [-0.2, 0) is 9.53 Å². The number of nitrogens with one attached hydrogen (secondary N) is 1. The second kappa shape index (κ2) is 6.86. The molecule has 104 valence electrons. The molecule has 0 fully saturated rings. The van der Waals surface area contributed by atoms with E-state index < -0.39 is 17.9 Å². The van der Waals surface area contributed by atoms with Crippen LogP contribution >= 0.6 is 27.5 Å². The molecule has 0 saturated heterocycles. The minimum Gasteiger partial charge on any atom is -0.467 e. The van der Waals surface area contributed by atoms with Crippen LogP contribution in [0.5, 0.6) is 0 Å². The summed E-state index contributed by atoms with van der Waals surface area (Å²) in [4.78, 5) is 27.5. The van der Waals surface area contributed by atoms with Crippen molar-refractivity contribution in [3.63, 3.8) is 0 Å². The van der Waals surface area contributed by atoms with Crippen molar-refractivity contribution in [1.29, 1.82) is 0 Å². The van der Waals surface area contributed by atoms with Crippen molar-refractivity contribution < 1.29 is 14.3 Å². The van der Waals surface area contributed by atoms with Crippen LogP contribution in [0.15, 0.2) is 16.7 Å². The maximum Gasteiger partial charge on any atom is 0.328 e. The van der Waals surface area contributed by atoms with Crippen LogP contribution in [0.2, 0.25) is 5.15 Å². The maximum absolute atomic E-state index is 12.1. The summed E-state index contributed by atoms with van der Waals surface area (Å²) in [5, 5.41) is 2.67. The molecule has 5 nitrogen and oxygen atoms in total. The Kier molecular flexibility index (Phi) is 5.75. The first kappa shape index (κ1) is 15.9. The van der Waals surface area contributed by atoms with Crippen LogP contribution in [0, 0.1) is 5.92 Å². The van der Waals surface area contributed by atoms with Crippen molar-refractivity contribution in [2.45, 2.75) is 19.9 Å². The van der Waals surface area contributed by atoms with Crippen LogP contribution in [0.1, 0.15) is 24.2 Å². The van der Waals surface area contributed by atoms with Crippen LogP contribution < -0.4 is 5.32 Å². The van der Waals surface area contributed by atoms with Gasteiger partial charge in [-0.05, 0) is 27.9 Å². The molecular weight excluding hydrogens is 336 g/mol. The maximum atomic E-state index is 12.1. The summed E-state index contributed by atoms with van der Waals surface area (Å²) in [6.45, 7) is 3.62. The molecule has 1 aromatic rings. The molecule has 0 aliphatic carbocycles. The quantitative estimate of drug-likeness (QED) is 0.669. The molecule has 1 aromatic heterocycles. The zero-order chi connectivity index (χ0) is 14.6. The van der Waals surface area contributed by atoms with Gasteiger partial charge in [-0.1, -0.05) is 25.4 Å². The smallest absolute Gasteiger partial charge is 0.328 e. The molecule has 19 heavy (non-hydrogen) atoms. The third-order valence-corrected chi connectivity index (χ3v) is 3.19. The van der Waals surface area contributed by atoms with E-state index in [-0.39, 0.29) is 16.6 Å². The number of halogens is 2. The Balaban J connectivity index is 2.94. The number of methoxy groups -OCH3 is 1. The number of ether oxygens (including phenoxy) is 1. The number of rotatable bonds is 4. The monoisotopic (exact) mass is 348 g/mol. The number of nitrogens with zero attached hydrogens (tertiary/aromatic N) is 1. The highest BCUT2D eigenvalue weighted by Crippen LogP contribution is 2.18. The number of amides is 1. The Morgan fingerprint density at radius 1 is 1.47 bits per heavy atom. The largest absolute Gasteiger partial charge is 0.467 e. The Bertz CT molecular complexity index is 494. The molecule has 0 bridgehead atoms. The highest BCUT2D eigenvalue weighted by atomic mass is 79.9. The van der Waals surface area contributed by atoms with E-state index in [9.17, 15) is 9.59 Å². The zero-order valence-electron chi connectivity index (χ0n) is 10.7. The fourth-order valence-corrected chi connectivity index (χ4v) is 1.95. The van der Waals surface area contributed by atoms with Gasteiger partial charge < -0.3 is 10.1 Å². The molecular formula is C12H14BrClN2O3. The molecule has 1 amide bonds. The normalized spacial score (nSPS) is 12.1. The van der Waals surface area contributed by atoms with Crippen molar-refractivity contribution in [3.05, 3.63) is 27.5 Å². The number of pyridine rings is 1. The summed E-state index contributed by atoms with van der Waals surface area (Å²) in [6, 6.07) is 0.812. The number of carbonyl (C=O) groups is 2. The summed E-state index contributed by atoms with van der Waals surface area (Å²) in [6.07, 6.45) is 1.49. The van der Waals surface area contributed by atoms with Crippen molar-refractivity contribution in [3.8, 4) is 0 Å². The molecule has 0 spiro atoms. The van der Waals surface area contributed by atoms with Gasteiger partial charge in [-0.25, -0.2) is 9.78 Å². The Labute approximate surface area is 124 Å². The predicted octanol–water partition coefficient (Wildman–Crippen LogP) is 2.42. The minimum atomic E-state index is -0.729. The molecule has 0 aliphatic heterocycles. The molecule has 0 saturated carbocycles. The van der Waals surface area contributed by atoms with Gasteiger partial charge in [-0.15, -0.1) is 0 Å². The molecule has 0 aromatic carbocycles. The van der Waals surface area contributed by atoms with E-state index in [4.69, 9.17) is 11.6 Å². The SMILES string of the molecule is COC(=O)C(NC(=O)c1cc(Br)cnc1Cl)C(C)C. The van der Waals surface area contributed by atoms with Gasteiger partial charge >= 0.3 is 5.97 Å². The number of carbonyl (C=O) groups excluding carboxylic acids is 2. The molecule has 0 radical (unpaired) electrons.